The van der Waals surface area contributed by atoms with E-state index in [9.17, 15) is 14.9 Å². The van der Waals surface area contributed by atoms with Gasteiger partial charge in [0.2, 0.25) is 5.16 Å². The number of nitrogens with zero attached hydrogens (tertiary/aromatic N) is 6. The Kier molecular flexibility index (Phi) is 5.75. The fraction of sp³-hybridized carbons (Fsp3) is 0.118. The number of hydrogen-bond donors (Lipinski definition) is 1. The molecule has 0 saturated heterocycles. The molecule has 0 fully saturated rings. The summed E-state index contributed by atoms with van der Waals surface area (Å²) < 4.78 is 1.50. The summed E-state index contributed by atoms with van der Waals surface area (Å²) in [5, 5.41) is 27.0. The van der Waals surface area contributed by atoms with Gasteiger partial charge in [-0.05, 0) is 47.3 Å². The average Bonchev–Trinajstić information content (AvgIpc) is 3.14. The van der Waals surface area contributed by atoms with Crippen LogP contribution in [0.15, 0.2) is 58.8 Å². The number of rotatable bonds is 6. The number of benzene rings is 2. The van der Waals surface area contributed by atoms with Crippen LogP contribution in [0.5, 0.6) is 0 Å². The lowest BCUT2D eigenvalue weighted by atomic mass is 10.2. The molecule has 0 bridgehead atoms. The lowest BCUT2D eigenvalue weighted by molar-refractivity contribution is -0.384. The molecule has 3 rings (SSSR count). The Hall–Kier alpha value is -3.60. The Bertz CT molecular complexity index is 1050. The van der Waals surface area contributed by atoms with Crippen LogP contribution in [0.4, 0.5) is 11.4 Å². The van der Waals surface area contributed by atoms with Crippen LogP contribution in [0.25, 0.3) is 5.69 Å². The van der Waals surface area contributed by atoms with Crippen LogP contribution in [-0.2, 0) is 4.79 Å². The van der Waals surface area contributed by atoms with Gasteiger partial charge in [0.25, 0.3) is 5.69 Å². The van der Waals surface area contributed by atoms with E-state index in [0.717, 1.165) is 23.0 Å². The monoisotopic (exact) mass is 397 g/mol. The number of tetrazole rings is 1. The molecule has 0 unspecified atom stereocenters. The molecule has 0 radical (unpaired) electrons. The fourth-order valence-corrected chi connectivity index (χ4v) is 2.87. The predicted molar refractivity (Wildman–Crippen MR) is 105 cm³/mol. The number of carbonyl (C=O) groups is 1. The molecule has 1 heterocycles. The highest BCUT2D eigenvalue weighted by Gasteiger charge is 2.16. The van der Waals surface area contributed by atoms with E-state index in [0.29, 0.717) is 10.8 Å². The summed E-state index contributed by atoms with van der Waals surface area (Å²) in [6.07, 6.45) is 0. The number of Topliss-reactive ketones (excluding diaryl/α,β-unsaturated/α-hetero) is 1. The zero-order chi connectivity index (χ0) is 20.1. The Morgan fingerprint density at radius 1 is 1.25 bits per heavy atom. The molecule has 142 valence electrons. The first kappa shape index (κ1) is 19.2. The lowest BCUT2D eigenvalue weighted by Crippen LogP contribution is -2.10. The van der Waals surface area contributed by atoms with Gasteiger partial charge >= 0.3 is 0 Å². The molecule has 0 atom stereocenters. The van der Waals surface area contributed by atoms with E-state index in [1.165, 1.54) is 29.8 Å². The number of hydrazone groups is 1. The normalized spacial score (nSPS) is 11.3. The van der Waals surface area contributed by atoms with Crippen molar-refractivity contribution in [3.05, 3.63) is 64.2 Å². The van der Waals surface area contributed by atoms with E-state index < -0.39 is 4.92 Å². The van der Waals surface area contributed by atoms with E-state index in [1.54, 1.807) is 6.07 Å². The number of nitro groups is 1. The minimum absolute atomic E-state index is 0.0828. The second-order valence-corrected chi connectivity index (χ2v) is 6.66. The average molecular weight is 397 g/mol. The van der Waals surface area contributed by atoms with Crippen molar-refractivity contribution in [1.29, 1.82) is 0 Å². The van der Waals surface area contributed by atoms with Gasteiger partial charge in [0.1, 0.15) is 0 Å². The number of aryl methyl sites for hydroxylation is 1. The molecule has 0 spiro atoms. The van der Waals surface area contributed by atoms with Gasteiger partial charge in [-0.15, -0.1) is 5.10 Å². The second-order valence-electron chi connectivity index (χ2n) is 5.70. The summed E-state index contributed by atoms with van der Waals surface area (Å²) in [6, 6.07) is 13.4. The number of ketones is 1. The summed E-state index contributed by atoms with van der Waals surface area (Å²) in [4.78, 5) is 22.3. The summed E-state index contributed by atoms with van der Waals surface area (Å²) >= 11 is 0.990. The number of non-ortho nitro benzene ring substituents is 1. The number of nitro benzene ring substituents is 1. The minimum Gasteiger partial charge on any atom is -0.292 e. The molecule has 10 nitrogen and oxygen atoms in total. The van der Waals surface area contributed by atoms with Gasteiger partial charge in [0.05, 0.1) is 16.3 Å². The number of carbonyl (C=O) groups excluding carboxylic acids is 1. The molecule has 0 saturated carbocycles. The molecule has 11 heteroatoms. The Labute approximate surface area is 163 Å². The van der Waals surface area contributed by atoms with Gasteiger partial charge in [-0.3, -0.25) is 20.3 Å². The summed E-state index contributed by atoms with van der Waals surface area (Å²) in [5.74, 6) is -0.304. The van der Waals surface area contributed by atoms with Crippen molar-refractivity contribution in [2.45, 2.75) is 19.0 Å². The van der Waals surface area contributed by atoms with Gasteiger partial charge in [-0.1, -0.05) is 23.8 Å². The Morgan fingerprint density at radius 2 is 2.00 bits per heavy atom. The smallest absolute Gasteiger partial charge is 0.271 e. The van der Waals surface area contributed by atoms with E-state index >= 15 is 0 Å². The Balaban J connectivity index is 1.83. The van der Waals surface area contributed by atoms with Crippen LogP contribution in [0.3, 0.4) is 0 Å². The van der Waals surface area contributed by atoms with Gasteiger partial charge < -0.3 is 0 Å². The maximum absolute atomic E-state index is 12.0. The first-order valence-electron chi connectivity index (χ1n) is 8.06. The van der Waals surface area contributed by atoms with Crippen LogP contribution in [0, 0.1) is 17.0 Å². The summed E-state index contributed by atoms with van der Waals surface area (Å²) in [6.45, 7) is 3.33. The predicted octanol–water partition coefficient (Wildman–Crippen LogP) is 2.99. The highest BCUT2D eigenvalue weighted by Crippen LogP contribution is 2.22. The number of nitrogens with one attached hydrogen (secondary N) is 1. The molecule has 0 aliphatic heterocycles. The van der Waals surface area contributed by atoms with Gasteiger partial charge in [-0.2, -0.15) is 9.78 Å². The lowest BCUT2D eigenvalue weighted by Gasteiger charge is -2.06. The highest BCUT2D eigenvalue weighted by molar-refractivity contribution is 8.15. The van der Waals surface area contributed by atoms with Crippen LogP contribution < -0.4 is 5.43 Å². The number of anilines is 1. The Morgan fingerprint density at radius 3 is 2.68 bits per heavy atom. The summed E-state index contributed by atoms with van der Waals surface area (Å²) in [7, 11) is 0. The van der Waals surface area contributed by atoms with Crippen LogP contribution >= 0.6 is 11.8 Å². The summed E-state index contributed by atoms with van der Waals surface area (Å²) in [5.41, 5.74) is 4.80. The fourth-order valence-electron chi connectivity index (χ4n) is 2.15. The van der Waals surface area contributed by atoms with Crippen molar-refractivity contribution >= 4 is 34.0 Å². The minimum atomic E-state index is -0.509. The zero-order valence-electron chi connectivity index (χ0n) is 14.9. The van der Waals surface area contributed by atoms with E-state index in [1.807, 2.05) is 31.2 Å². The molecule has 3 aromatic rings. The molecule has 1 aromatic heterocycles. The molecular weight excluding hydrogens is 382 g/mol. The molecule has 0 aliphatic carbocycles. The number of aromatic nitrogens is 4. The standard InChI is InChI=1S/C17H15N7O3S/c1-11-6-8-14(9-7-11)23-17(20-21-22-23)28-16(12(2)25)19-18-13-4-3-5-15(10-13)24(26)27/h3-10,18H,1-2H3/b19-16-. The number of thioether (sulfide) groups is 1. The van der Waals surface area contributed by atoms with E-state index in [2.05, 4.69) is 26.1 Å². The first-order chi connectivity index (χ1) is 13.4. The van der Waals surface area contributed by atoms with Crippen molar-refractivity contribution in [3.8, 4) is 5.69 Å². The highest BCUT2D eigenvalue weighted by atomic mass is 32.2. The van der Waals surface area contributed by atoms with Crippen LogP contribution in [0.2, 0.25) is 0 Å². The van der Waals surface area contributed by atoms with Crippen molar-refractivity contribution in [3.63, 3.8) is 0 Å². The molecule has 28 heavy (non-hydrogen) atoms. The molecule has 0 amide bonds. The SMILES string of the molecule is CC(=O)/C(=N/Nc1cccc([N+](=O)[O-])c1)Sc1nnnn1-c1ccc(C)cc1. The van der Waals surface area contributed by atoms with Crippen molar-refractivity contribution in [1.82, 2.24) is 20.2 Å². The van der Waals surface area contributed by atoms with Crippen molar-refractivity contribution in [2.75, 3.05) is 5.43 Å². The zero-order valence-corrected chi connectivity index (χ0v) is 15.8. The third kappa shape index (κ3) is 4.57. The first-order valence-corrected chi connectivity index (χ1v) is 8.88. The van der Waals surface area contributed by atoms with Gasteiger partial charge in [0, 0.05) is 19.1 Å². The van der Waals surface area contributed by atoms with E-state index in [4.69, 9.17) is 0 Å². The van der Waals surface area contributed by atoms with Crippen molar-refractivity contribution < 1.29 is 9.72 Å². The van der Waals surface area contributed by atoms with E-state index in [-0.39, 0.29) is 16.5 Å². The second kappa shape index (κ2) is 8.39. The molecule has 1 N–H and O–H groups in total. The quantitative estimate of drug-likeness (QED) is 0.221. The van der Waals surface area contributed by atoms with Gasteiger partial charge in [0.15, 0.2) is 10.8 Å². The third-order valence-corrected chi connectivity index (χ3v) is 4.56. The van der Waals surface area contributed by atoms with Gasteiger partial charge in [-0.25, -0.2) is 0 Å². The van der Waals surface area contributed by atoms with Crippen LogP contribution in [-0.4, -0.2) is 36.0 Å². The number of hydrogen-bond acceptors (Lipinski definition) is 9. The maximum Gasteiger partial charge on any atom is 0.271 e. The topological polar surface area (TPSA) is 128 Å². The van der Waals surface area contributed by atoms with Crippen molar-refractivity contribution in [2.24, 2.45) is 5.10 Å². The molecule has 2 aromatic carbocycles. The largest absolute Gasteiger partial charge is 0.292 e. The molecule has 0 aliphatic rings. The maximum atomic E-state index is 12.0. The third-order valence-electron chi connectivity index (χ3n) is 3.55. The molecular formula is C17H15N7O3S. The van der Waals surface area contributed by atoms with Crippen LogP contribution in [0.1, 0.15) is 12.5 Å².